The monoisotopic (exact) mass is 296 g/mol. The number of likely N-dealkylation sites (tertiary alicyclic amines) is 1. The van der Waals surface area contributed by atoms with Crippen molar-refractivity contribution in [2.75, 3.05) is 19.6 Å². The van der Waals surface area contributed by atoms with Crippen LogP contribution in [0, 0.1) is 0 Å². The largest absolute Gasteiger partial charge is 0.343 e. The van der Waals surface area contributed by atoms with Gasteiger partial charge in [0.2, 0.25) is 5.91 Å². The summed E-state index contributed by atoms with van der Waals surface area (Å²) in [5, 5.41) is 3.64. The molecule has 0 aliphatic carbocycles. The van der Waals surface area contributed by atoms with E-state index in [9.17, 15) is 4.79 Å². The molecule has 0 aromatic carbocycles. The molecule has 0 atom stereocenters. The zero-order valence-corrected chi connectivity index (χ0v) is 14.3. The summed E-state index contributed by atoms with van der Waals surface area (Å²) in [5.41, 5.74) is 0. The maximum absolute atomic E-state index is 12.0. The van der Waals surface area contributed by atoms with Crippen LogP contribution in [0.15, 0.2) is 0 Å². The highest BCUT2D eigenvalue weighted by Crippen LogP contribution is 2.12. The first-order valence-electron chi connectivity index (χ1n) is 9.29. The van der Waals surface area contributed by atoms with Gasteiger partial charge in [-0.1, -0.05) is 52.4 Å². The van der Waals surface area contributed by atoms with Gasteiger partial charge in [0.25, 0.3) is 0 Å². The first-order valence-corrected chi connectivity index (χ1v) is 9.29. The van der Waals surface area contributed by atoms with Gasteiger partial charge in [-0.15, -0.1) is 0 Å². The number of rotatable bonds is 12. The maximum atomic E-state index is 12.0. The van der Waals surface area contributed by atoms with Crippen LogP contribution in [-0.4, -0.2) is 36.5 Å². The van der Waals surface area contributed by atoms with Gasteiger partial charge in [0, 0.05) is 32.1 Å². The second kappa shape index (κ2) is 12.0. The lowest BCUT2D eigenvalue weighted by Gasteiger charge is -2.20. The van der Waals surface area contributed by atoms with Gasteiger partial charge in [0.1, 0.15) is 0 Å². The molecule has 0 aromatic rings. The first kappa shape index (κ1) is 18.5. The van der Waals surface area contributed by atoms with Crippen molar-refractivity contribution in [1.29, 1.82) is 0 Å². The molecule has 1 aliphatic heterocycles. The number of carbonyl (C=O) groups is 1. The average Bonchev–Trinajstić information content (AvgIpc) is 3.01. The Morgan fingerprint density at radius 3 is 2.10 bits per heavy atom. The summed E-state index contributed by atoms with van der Waals surface area (Å²) in [6, 6.07) is 0.620. The molecule has 3 heteroatoms. The first-order chi connectivity index (χ1) is 10.3. The normalized spacial score (nSPS) is 15.1. The highest BCUT2D eigenvalue weighted by Gasteiger charge is 2.17. The van der Waals surface area contributed by atoms with E-state index in [2.05, 4.69) is 19.2 Å². The van der Waals surface area contributed by atoms with Crippen LogP contribution in [0.3, 0.4) is 0 Å². The molecule has 1 heterocycles. The van der Waals surface area contributed by atoms with E-state index in [4.69, 9.17) is 0 Å². The summed E-state index contributed by atoms with van der Waals surface area (Å²) in [6.07, 6.45) is 13.5. The molecule has 1 fully saturated rings. The van der Waals surface area contributed by atoms with Crippen LogP contribution >= 0.6 is 0 Å². The van der Waals surface area contributed by atoms with E-state index in [0.29, 0.717) is 18.4 Å². The van der Waals surface area contributed by atoms with E-state index in [1.54, 1.807) is 0 Å². The number of unbranched alkanes of at least 4 members (excludes halogenated alkanes) is 4. The Balaban J connectivity index is 2.18. The van der Waals surface area contributed by atoms with Crippen molar-refractivity contribution in [2.24, 2.45) is 0 Å². The standard InChI is InChI=1S/C18H36N2O/c1-3-5-7-11-17(12-8-6-4-2)19-14-13-18(21)20-15-9-10-16-20/h17,19H,3-16H2,1-2H3. The molecule has 21 heavy (non-hydrogen) atoms. The predicted octanol–water partition coefficient (Wildman–Crippen LogP) is 4.12. The highest BCUT2D eigenvalue weighted by molar-refractivity contribution is 5.76. The van der Waals surface area contributed by atoms with Gasteiger partial charge in [-0.05, 0) is 25.7 Å². The van der Waals surface area contributed by atoms with Crippen LogP contribution in [0.2, 0.25) is 0 Å². The quantitative estimate of drug-likeness (QED) is 0.549. The van der Waals surface area contributed by atoms with Crippen LogP contribution in [0.5, 0.6) is 0 Å². The van der Waals surface area contributed by atoms with E-state index >= 15 is 0 Å². The molecule has 0 bridgehead atoms. The van der Waals surface area contributed by atoms with Crippen molar-refractivity contribution >= 4 is 5.91 Å². The van der Waals surface area contributed by atoms with Crippen LogP contribution in [0.1, 0.15) is 84.5 Å². The van der Waals surface area contributed by atoms with Crippen molar-refractivity contribution in [1.82, 2.24) is 10.2 Å². The molecule has 1 N–H and O–H groups in total. The number of nitrogens with one attached hydrogen (secondary N) is 1. The van der Waals surface area contributed by atoms with Crippen molar-refractivity contribution in [3.05, 3.63) is 0 Å². The molecule has 1 aliphatic rings. The Kier molecular flexibility index (Phi) is 10.6. The van der Waals surface area contributed by atoms with Gasteiger partial charge >= 0.3 is 0 Å². The van der Waals surface area contributed by atoms with Crippen molar-refractivity contribution < 1.29 is 4.79 Å². The molecular formula is C18H36N2O. The van der Waals surface area contributed by atoms with Gasteiger partial charge in [0.05, 0.1) is 0 Å². The second-order valence-electron chi connectivity index (χ2n) is 6.48. The highest BCUT2D eigenvalue weighted by atomic mass is 16.2. The van der Waals surface area contributed by atoms with E-state index in [0.717, 1.165) is 19.6 Å². The number of carbonyl (C=O) groups excluding carboxylic acids is 1. The molecule has 1 amide bonds. The molecule has 0 radical (unpaired) electrons. The average molecular weight is 296 g/mol. The third-order valence-electron chi connectivity index (χ3n) is 4.54. The molecule has 0 saturated carbocycles. The molecule has 1 saturated heterocycles. The Labute approximate surface area is 131 Å². The molecule has 3 nitrogen and oxygen atoms in total. The Bertz CT molecular complexity index is 252. The van der Waals surface area contributed by atoms with Crippen molar-refractivity contribution in [3.63, 3.8) is 0 Å². The van der Waals surface area contributed by atoms with Gasteiger partial charge < -0.3 is 10.2 Å². The van der Waals surface area contributed by atoms with Crippen LogP contribution in [-0.2, 0) is 4.79 Å². The Morgan fingerprint density at radius 2 is 1.57 bits per heavy atom. The third kappa shape index (κ3) is 8.45. The van der Waals surface area contributed by atoms with E-state index in [1.807, 2.05) is 4.90 Å². The van der Waals surface area contributed by atoms with E-state index in [-0.39, 0.29) is 0 Å². The Hall–Kier alpha value is -0.570. The summed E-state index contributed by atoms with van der Waals surface area (Å²) >= 11 is 0. The SMILES string of the molecule is CCCCCC(CCCCC)NCCC(=O)N1CCCC1. The smallest absolute Gasteiger partial charge is 0.223 e. The van der Waals surface area contributed by atoms with E-state index in [1.165, 1.54) is 64.2 Å². The fourth-order valence-electron chi connectivity index (χ4n) is 3.14. The van der Waals surface area contributed by atoms with Gasteiger partial charge in [-0.25, -0.2) is 0 Å². The maximum Gasteiger partial charge on any atom is 0.223 e. The minimum absolute atomic E-state index is 0.348. The van der Waals surface area contributed by atoms with Crippen LogP contribution in [0.4, 0.5) is 0 Å². The lowest BCUT2D eigenvalue weighted by Crippen LogP contribution is -2.35. The molecule has 0 spiro atoms. The molecular weight excluding hydrogens is 260 g/mol. The third-order valence-corrected chi connectivity index (χ3v) is 4.54. The van der Waals surface area contributed by atoms with Gasteiger partial charge in [-0.2, -0.15) is 0 Å². The van der Waals surface area contributed by atoms with Crippen molar-refractivity contribution in [3.8, 4) is 0 Å². The lowest BCUT2D eigenvalue weighted by atomic mass is 10.0. The molecule has 124 valence electrons. The second-order valence-corrected chi connectivity index (χ2v) is 6.48. The number of amides is 1. The summed E-state index contributed by atoms with van der Waals surface area (Å²) in [6.45, 7) is 7.34. The summed E-state index contributed by atoms with van der Waals surface area (Å²) in [5.74, 6) is 0.348. The lowest BCUT2D eigenvalue weighted by molar-refractivity contribution is -0.130. The minimum atomic E-state index is 0.348. The molecule has 0 unspecified atom stereocenters. The fraction of sp³-hybridized carbons (Fsp3) is 0.944. The van der Waals surface area contributed by atoms with Crippen molar-refractivity contribution in [2.45, 2.75) is 90.5 Å². The predicted molar refractivity (Wildman–Crippen MR) is 90.5 cm³/mol. The zero-order chi connectivity index (χ0) is 15.3. The number of nitrogens with zero attached hydrogens (tertiary/aromatic N) is 1. The topological polar surface area (TPSA) is 32.3 Å². The van der Waals surface area contributed by atoms with Gasteiger partial charge in [0.15, 0.2) is 0 Å². The number of hydrogen-bond acceptors (Lipinski definition) is 2. The Morgan fingerprint density at radius 1 is 1.00 bits per heavy atom. The number of hydrogen-bond donors (Lipinski definition) is 1. The van der Waals surface area contributed by atoms with Crippen LogP contribution < -0.4 is 5.32 Å². The molecule has 1 rings (SSSR count). The van der Waals surface area contributed by atoms with Crippen LogP contribution in [0.25, 0.3) is 0 Å². The minimum Gasteiger partial charge on any atom is -0.343 e. The molecule has 0 aromatic heterocycles. The zero-order valence-electron chi connectivity index (χ0n) is 14.3. The summed E-state index contributed by atoms with van der Waals surface area (Å²) < 4.78 is 0. The van der Waals surface area contributed by atoms with E-state index < -0.39 is 0 Å². The summed E-state index contributed by atoms with van der Waals surface area (Å²) in [4.78, 5) is 14.1. The summed E-state index contributed by atoms with van der Waals surface area (Å²) in [7, 11) is 0. The fourth-order valence-corrected chi connectivity index (χ4v) is 3.14. The van der Waals surface area contributed by atoms with Gasteiger partial charge in [-0.3, -0.25) is 4.79 Å².